The molecule has 1 fully saturated rings. The van der Waals surface area contributed by atoms with Crippen molar-refractivity contribution in [2.45, 2.75) is 23.0 Å². The van der Waals surface area contributed by atoms with Crippen LogP contribution in [0.1, 0.15) is 12.8 Å². The molecular formula is C20H19ClN2O2S. The fourth-order valence-electron chi connectivity index (χ4n) is 3.52. The minimum atomic E-state index is -3.35. The minimum absolute atomic E-state index is 0.373. The number of piperidine rings is 1. The highest BCUT2D eigenvalue weighted by molar-refractivity contribution is 7.92. The van der Waals surface area contributed by atoms with E-state index in [1.165, 1.54) is 0 Å². The van der Waals surface area contributed by atoms with Gasteiger partial charge in [-0.05, 0) is 47.9 Å². The van der Waals surface area contributed by atoms with Gasteiger partial charge in [0.2, 0.25) is 0 Å². The molecule has 0 bridgehead atoms. The standard InChI is InChI=1S/C20H19ClN2O2S/c21-19-6-3-11-22-20(19)23-12-9-17(10-13-23)26(24,25)18-8-7-15-4-1-2-5-16(15)14-18/h1-8,11,14,17H,9-10,12-13H2. The van der Waals surface area contributed by atoms with Gasteiger partial charge in [0.05, 0.1) is 15.2 Å². The number of anilines is 1. The lowest BCUT2D eigenvalue weighted by Gasteiger charge is -2.33. The second kappa shape index (κ2) is 6.89. The maximum atomic E-state index is 13.1. The highest BCUT2D eigenvalue weighted by Crippen LogP contribution is 2.30. The van der Waals surface area contributed by atoms with Gasteiger partial charge < -0.3 is 4.90 Å². The zero-order valence-corrected chi connectivity index (χ0v) is 15.7. The van der Waals surface area contributed by atoms with Crippen LogP contribution in [0.15, 0.2) is 65.7 Å². The van der Waals surface area contributed by atoms with Crippen molar-refractivity contribution < 1.29 is 8.42 Å². The van der Waals surface area contributed by atoms with E-state index in [1.807, 2.05) is 36.4 Å². The van der Waals surface area contributed by atoms with Crippen LogP contribution in [0.5, 0.6) is 0 Å². The number of hydrogen-bond acceptors (Lipinski definition) is 4. The molecule has 1 aromatic heterocycles. The highest BCUT2D eigenvalue weighted by Gasteiger charge is 2.32. The number of sulfone groups is 1. The van der Waals surface area contributed by atoms with Crippen molar-refractivity contribution in [1.29, 1.82) is 0 Å². The maximum absolute atomic E-state index is 13.1. The average molecular weight is 387 g/mol. The van der Waals surface area contributed by atoms with Crippen molar-refractivity contribution in [3.63, 3.8) is 0 Å². The molecule has 4 nitrogen and oxygen atoms in total. The third-order valence-electron chi connectivity index (χ3n) is 4.97. The number of nitrogens with zero attached hydrogens (tertiary/aromatic N) is 2. The quantitative estimate of drug-likeness (QED) is 0.672. The van der Waals surface area contributed by atoms with Gasteiger partial charge in [0.25, 0.3) is 0 Å². The molecule has 0 saturated carbocycles. The van der Waals surface area contributed by atoms with Crippen LogP contribution in [-0.4, -0.2) is 31.7 Å². The van der Waals surface area contributed by atoms with Gasteiger partial charge >= 0.3 is 0 Å². The molecule has 2 aromatic carbocycles. The molecule has 2 heterocycles. The number of benzene rings is 2. The molecule has 26 heavy (non-hydrogen) atoms. The monoisotopic (exact) mass is 386 g/mol. The summed E-state index contributed by atoms with van der Waals surface area (Å²) in [6.45, 7) is 1.27. The Morgan fingerprint density at radius 1 is 0.962 bits per heavy atom. The molecule has 0 unspecified atom stereocenters. The van der Waals surface area contributed by atoms with Crippen molar-refractivity contribution in [2.75, 3.05) is 18.0 Å². The van der Waals surface area contributed by atoms with E-state index in [9.17, 15) is 8.42 Å². The zero-order valence-electron chi connectivity index (χ0n) is 14.2. The Morgan fingerprint density at radius 3 is 2.42 bits per heavy atom. The molecule has 0 aliphatic carbocycles. The molecule has 0 radical (unpaired) electrons. The van der Waals surface area contributed by atoms with Gasteiger partial charge in [-0.25, -0.2) is 13.4 Å². The SMILES string of the molecule is O=S(=O)(c1ccc2ccccc2c1)C1CCN(c2ncccc2Cl)CC1. The van der Waals surface area contributed by atoms with Gasteiger partial charge in [-0.1, -0.05) is 41.9 Å². The molecule has 0 spiro atoms. The molecule has 3 aromatic rings. The summed E-state index contributed by atoms with van der Waals surface area (Å²) >= 11 is 6.21. The van der Waals surface area contributed by atoms with Crippen molar-refractivity contribution in [1.82, 2.24) is 4.98 Å². The number of aromatic nitrogens is 1. The Bertz CT molecular complexity index is 1040. The number of rotatable bonds is 3. The van der Waals surface area contributed by atoms with Crippen LogP contribution in [0.3, 0.4) is 0 Å². The Labute approximate surface area is 158 Å². The van der Waals surface area contributed by atoms with E-state index in [0.717, 1.165) is 16.6 Å². The Kier molecular flexibility index (Phi) is 4.59. The summed E-state index contributed by atoms with van der Waals surface area (Å²) in [5, 5.41) is 2.23. The maximum Gasteiger partial charge on any atom is 0.181 e. The Balaban J connectivity index is 1.55. The van der Waals surface area contributed by atoms with Crippen molar-refractivity contribution in [2.24, 2.45) is 0 Å². The topological polar surface area (TPSA) is 50.3 Å². The molecule has 4 rings (SSSR count). The van der Waals surface area contributed by atoms with E-state index >= 15 is 0 Å². The predicted molar refractivity (Wildman–Crippen MR) is 106 cm³/mol. The van der Waals surface area contributed by atoms with Gasteiger partial charge in [-0.3, -0.25) is 0 Å². The van der Waals surface area contributed by atoms with E-state index in [4.69, 9.17) is 11.6 Å². The summed E-state index contributed by atoms with van der Waals surface area (Å²) in [6.07, 6.45) is 2.85. The van der Waals surface area contributed by atoms with E-state index in [-0.39, 0.29) is 5.25 Å². The van der Waals surface area contributed by atoms with Gasteiger partial charge in [0.15, 0.2) is 9.84 Å². The van der Waals surface area contributed by atoms with Gasteiger partial charge in [0, 0.05) is 19.3 Å². The first-order chi connectivity index (χ1) is 12.6. The van der Waals surface area contributed by atoms with E-state index in [2.05, 4.69) is 9.88 Å². The molecular weight excluding hydrogens is 368 g/mol. The lowest BCUT2D eigenvalue weighted by Crippen LogP contribution is -2.39. The van der Waals surface area contributed by atoms with Crippen LogP contribution in [0, 0.1) is 0 Å². The van der Waals surface area contributed by atoms with Gasteiger partial charge in [-0.2, -0.15) is 0 Å². The fourth-order valence-corrected chi connectivity index (χ4v) is 5.53. The average Bonchev–Trinajstić information content (AvgIpc) is 2.68. The fraction of sp³-hybridized carbons (Fsp3) is 0.250. The van der Waals surface area contributed by atoms with Crippen molar-refractivity contribution in [3.05, 3.63) is 65.8 Å². The number of hydrogen-bond donors (Lipinski definition) is 0. The predicted octanol–water partition coefficient (Wildman–Crippen LogP) is 4.33. The summed E-state index contributed by atoms with van der Waals surface area (Å²) in [6, 6.07) is 16.8. The summed E-state index contributed by atoms with van der Waals surface area (Å²) in [5.41, 5.74) is 0. The molecule has 1 saturated heterocycles. The van der Waals surface area contributed by atoms with Crippen molar-refractivity contribution in [3.8, 4) is 0 Å². The lowest BCUT2D eigenvalue weighted by molar-refractivity contribution is 0.528. The summed E-state index contributed by atoms with van der Waals surface area (Å²) < 4.78 is 26.2. The molecule has 0 atom stereocenters. The van der Waals surface area contributed by atoms with Crippen LogP contribution in [0.4, 0.5) is 5.82 Å². The van der Waals surface area contributed by atoms with Gasteiger partial charge in [0.1, 0.15) is 5.82 Å². The number of halogens is 1. The second-order valence-corrected chi connectivity index (χ2v) is 9.18. The smallest absolute Gasteiger partial charge is 0.181 e. The first-order valence-corrected chi connectivity index (χ1v) is 10.6. The molecule has 0 amide bonds. The third-order valence-corrected chi connectivity index (χ3v) is 7.52. The largest absolute Gasteiger partial charge is 0.355 e. The number of fused-ring (bicyclic) bond motifs is 1. The number of pyridine rings is 1. The van der Waals surface area contributed by atoms with E-state index in [0.29, 0.717) is 35.8 Å². The molecule has 1 aliphatic heterocycles. The lowest BCUT2D eigenvalue weighted by atomic mass is 10.1. The van der Waals surface area contributed by atoms with E-state index in [1.54, 1.807) is 24.4 Å². The third kappa shape index (κ3) is 3.17. The highest BCUT2D eigenvalue weighted by atomic mass is 35.5. The summed E-state index contributed by atoms with van der Waals surface area (Å²) in [5.74, 6) is 0.732. The van der Waals surface area contributed by atoms with Gasteiger partial charge in [-0.15, -0.1) is 0 Å². The van der Waals surface area contributed by atoms with Crippen LogP contribution in [-0.2, 0) is 9.84 Å². The van der Waals surface area contributed by atoms with Crippen LogP contribution in [0.25, 0.3) is 10.8 Å². The van der Waals surface area contributed by atoms with Crippen LogP contribution < -0.4 is 4.90 Å². The molecule has 6 heteroatoms. The Morgan fingerprint density at radius 2 is 1.69 bits per heavy atom. The second-order valence-electron chi connectivity index (χ2n) is 6.55. The minimum Gasteiger partial charge on any atom is -0.355 e. The normalized spacial score (nSPS) is 16.1. The molecule has 0 N–H and O–H groups in total. The first-order valence-electron chi connectivity index (χ1n) is 8.64. The zero-order chi connectivity index (χ0) is 18.1. The van der Waals surface area contributed by atoms with E-state index < -0.39 is 9.84 Å². The van der Waals surface area contributed by atoms with Crippen LogP contribution >= 0.6 is 11.6 Å². The molecule has 1 aliphatic rings. The first kappa shape index (κ1) is 17.3. The summed E-state index contributed by atoms with van der Waals surface area (Å²) in [7, 11) is -3.35. The summed E-state index contributed by atoms with van der Waals surface area (Å²) in [4.78, 5) is 6.80. The molecule has 134 valence electrons. The Hall–Kier alpha value is -2.11. The van der Waals surface area contributed by atoms with Crippen LogP contribution in [0.2, 0.25) is 5.02 Å². The van der Waals surface area contributed by atoms with Crippen molar-refractivity contribution >= 4 is 38.0 Å².